The van der Waals surface area contributed by atoms with Crippen LogP contribution in [0.5, 0.6) is 0 Å². The highest BCUT2D eigenvalue weighted by molar-refractivity contribution is 5.82. The summed E-state index contributed by atoms with van der Waals surface area (Å²) in [4.78, 5) is 28.7. The summed E-state index contributed by atoms with van der Waals surface area (Å²) in [7, 11) is 1.79. The molecular weight excluding hydrogens is 264 g/mol. The van der Waals surface area contributed by atoms with E-state index in [0.717, 1.165) is 23.9 Å². The van der Waals surface area contributed by atoms with Crippen molar-refractivity contribution in [3.05, 3.63) is 46.2 Å². The molecule has 21 heavy (non-hydrogen) atoms. The van der Waals surface area contributed by atoms with Crippen LogP contribution in [-0.4, -0.2) is 29.4 Å². The van der Waals surface area contributed by atoms with Gasteiger partial charge in [-0.15, -0.1) is 0 Å². The molecule has 0 unspecified atom stereocenters. The number of benzene rings is 1. The number of pyridine rings is 1. The molecule has 0 atom stereocenters. The molecule has 4 heteroatoms. The minimum absolute atomic E-state index is 0.0172. The van der Waals surface area contributed by atoms with Crippen LogP contribution >= 0.6 is 0 Å². The first-order valence-corrected chi connectivity index (χ1v) is 7.32. The van der Waals surface area contributed by atoms with Crippen molar-refractivity contribution in [2.24, 2.45) is 5.92 Å². The number of likely N-dealkylation sites (N-methyl/N-ethyl adjacent to an activating group) is 1. The molecule has 112 valence electrons. The van der Waals surface area contributed by atoms with E-state index < -0.39 is 0 Å². The Morgan fingerprint density at radius 1 is 1.29 bits per heavy atom. The second-order valence-electron chi connectivity index (χ2n) is 5.89. The largest absolute Gasteiger partial charge is 0.345 e. The van der Waals surface area contributed by atoms with E-state index in [4.69, 9.17) is 0 Å². The van der Waals surface area contributed by atoms with E-state index in [2.05, 4.69) is 18.8 Å². The Kier molecular flexibility index (Phi) is 4.78. The Balaban J connectivity index is 2.13. The number of rotatable bonds is 5. The fourth-order valence-corrected chi connectivity index (χ4v) is 2.20. The molecule has 0 bridgehead atoms. The third kappa shape index (κ3) is 3.94. The van der Waals surface area contributed by atoms with Gasteiger partial charge in [0.2, 0.25) is 5.91 Å². The average Bonchev–Trinajstić information content (AvgIpc) is 2.45. The fraction of sp³-hybridized carbons (Fsp3) is 0.412. The minimum atomic E-state index is -0.181. The van der Waals surface area contributed by atoms with Crippen LogP contribution in [0.1, 0.15) is 25.8 Å². The Morgan fingerprint density at radius 2 is 2.00 bits per heavy atom. The third-order valence-electron chi connectivity index (χ3n) is 3.64. The number of carbonyl (C=O) groups is 1. The number of hydrogen-bond donors (Lipinski definition) is 1. The monoisotopic (exact) mass is 286 g/mol. The molecule has 0 aliphatic carbocycles. The van der Waals surface area contributed by atoms with Crippen LogP contribution in [0.4, 0.5) is 0 Å². The standard InChI is InChI=1S/C17H22N2O2/c1-12(2)8-9-19(3)16(20)11-14-10-13-6-4-5-7-15(13)18-17(14)21/h4-7,10,12H,8-9,11H2,1-3H3,(H,18,21). The maximum Gasteiger partial charge on any atom is 0.252 e. The van der Waals surface area contributed by atoms with Gasteiger partial charge in [-0.2, -0.15) is 0 Å². The first kappa shape index (κ1) is 15.3. The van der Waals surface area contributed by atoms with Gasteiger partial charge in [-0.05, 0) is 29.9 Å². The highest BCUT2D eigenvalue weighted by Crippen LogP contribution is 2.11. The van der Waals surface area contributed by atoms with Crippen molar-refractivity contribution in [1.82, 2.24) is 9.88 Å². The number of amides is 1. The van der Waals surface area contributed by atoms with Crippen molar-refractivity contribution in [2.75, 3.05) is 13.6 Å². The maximum absolute atomic E-state index is 12.2. The number of aromatic amines is 1. The molecule has 2 rings (SSSR count). The number of para-hydroxylation sites is 1. The number of aromatic nitrogens is 1. The van der Waals surface area contributed by atoms with E-state index in [1.165, 1.54) is 0 Å². The Morgan fingerprint density at radius 3 is 2.71 bits per heavy atom. The van der Waals surface area contributed by atoms with E-state index in [-0.39, 0.29) is 17.9 Å². The normalized spacial score (nSPS) is 11.0. The Hall–Kier alpha value is -2.10. The van der Waals surface area contributed by atoms with Crippen molar-refractivity contribution in [3.8, 4) is 0 Å². The summed E-state index contributed by atoms with van der Waals surface area (Å²) in [6.45, 7) is 4.99. The molecule has 4 nitrogen and oxygen atoms in total. The molecule has 0 aliphatic rings. The van der Waals surface area contributed by atoms with Crippen molar-refractivity contribution in [1.29, 1.82) is 0 Å². The van der Waals surface area contributed by atoms with Gasteiger partial charge < -0.3 is 9.88 Å². The molecule has 0 aliphatic heterocycles. The van der Waals surface area contributed by atoms with Gasteiger partial charge >= 0.3 is 0 Å². The molecule has 1 aromatic carbocycles. The lowest BCUT2D eigenvalue weighted by atomic mass is 10.1. The highest BCUT2D eigenvalue weighted by atomic mass is 16.2. The summed E-state index contributed by atoms with van der Waals surface area (Å²) < 4.78 is 0. The minimum Gasteiger partial charge on any atom is -0.345 e. The summed E-state index contributed by atoms with van der Waals surface area (Å²) in [5, 5.41) is 0.949. The number of carbonyl (C=O) groups excluding carboxylic acids is 1. The summed E-state index contributed by atoms with van der Waals surface area (Å²) in [5.74, 6) is 0.542. The third-order valence-corrected chi connectivity index (χ3v) is 3.64. The van der Waals surface area contributed by atoms with Crippen molar-refractivity contribution < 1.29 is 4.79 Å². The lowest BCUT2D eigenvalue weighted by Crippen LogP contribution is -2.31. The molecule has 1 amide bonds. The van der Waals surface area contributed by atoms with Crippen molar-refractivity contribution >= 4 is 16.8 Å². The summed E-state index contributed by atoms with van der Waals surface area (Å²) in [5.41, 5.74) is 1.14. The quantitative estimate of drug-likeness (QED) is 0.918. The average molecular weight is 286 g/mol. The summed E-state index contributed by atoms with van der Waals surface area (Å²) in [6.07, 6.45) is 1.12. The van der Waals surface area contributed by atoms with E-state index in [0.29, 0.717) is 11.5 Å². The smallest absolute Gasteiger partial charge is 0.252 e. The van der Waals surface area contributed by atoms with Crippen LogP contribution in [0.2, 0.25) is 0 Å². The second-order valence-corrected chi connectivity index (χ2v) is 5.89. The van der Waals surface area contributed by atoms with Crippen LogP contribution < -0.4 is 5.56 Å². The number of nitrogens with one attached hydrogen (secondary N) is 1. The molecule has 0 saturated heterocycles. The van der Waals surface area contributed by atoms with E-state index in [1.54, 1.807) is 11.9 Å². The van der Waals surface area contributed by atoms with Gasteiger partial charge in [0, 0.05) is 24.7 Å². The van der Waals surface area contributed by atoms with Gasteiger partial charge in [0.25, 0.3) is 5.56 Å². The Labute approximate surface area is 124 Å². The number of H-pyrrole nitrogens is 1. The molecule has 0 radical (unpaired) electrons. The fourth-order valence-electron chi connectivity index (χ4n) is 2.20. The van der Waals surface area contributed by atoms with Crippen LogP contribution in [0.25, 0.3) is 10.9 Å². The zero-order valence-electron chi connectivity index (χ0n) is 12.8. The van der Waals surface area contributed by atoms with Gasteiger partial charge in [0.1, 0.15) is 0 Å². The second kappa shape index (κ2) is 6.57. The van der Waals surface area contributed by atoms with E-state index >= 15 is 0 Å². The van der Waals surface area contributed by atoms with E-state index in [1.807, 2.05) is 30.3 Å². The number of hydrogen-bond acceptors (Lipinski definition) is 2. The molecule has 0 spiro atoms. The van der Waals surface area contributed by atoms with Gasteiger partial charge in [-0.1, -0.05) is 32.0 Å². The molecular formula is C17H22N2O2. The maximum atomic E-state index is 12.2. The van der Waals surface area contributed by atoms with Crippen LogP contribution in [-0.2, 0) is 11.2 Å². The molecule has 0 fully saturated rings. The zero-order chi connectivity index (χ0) is 15.4. The van der Waals surface area contributed by atoms with Crippen LogP contribution in [0.3, 0.4) is 0 Å². The van der Waals surface area contributed by atoms with Crippen molar-refractivity contribution in [2.45, 2.75) is 26.7 Å². The van der Waals surface area contributed by atoms with E-state index in [9.17, 15) is 9.59 Å². The SMILES string of the molecule is CC(C)CCN(C)C(=O)Cc1cc2ccccc2[nH]c1=O. The van der Waals surface area contributed by atoms with Gasteiger partial charge in [0.15, 0.2) is 0 Å². The van der Waals surface area contributed by atoms with Crippen molar-refractivity contribution in [3.63, 3.8) is 0 Å². The highest BCUT2D eigenvalue weighted by Gasteiger charge is 2.13. The Bertz CT molecular complexity index is 688. The predicted molar refractivity (Wildman–Crippen MR) is 85.4 cm³/mol. The van der Waals surface area contributed by atoms with Gasteiger partial charge in [0.05, 0.1) is 6.42 Å². The lowest BCUT2D eigenvalue weighted by molar-refractivity contribution is -0.129. The molecule has 1 heterocycles. The molecule has 1 aromatic heterocycles. The van der Waals surface area contributed by atoms with Crippen LogP contribution in [0, 0.1) is 5.92 Å². The molecule has 0 saturated carbocycles. The summed E-state index contributed by atoms with van der Waals surface area (Å²) in [6, 6.07) is 9.39. The number of fused-ring (bicyclic) bond motifs is 1. The molecule has 2 aromatic rings. The lowest BCUT2D eigenvalue weighted by Gasteiger charge is -2.18. The topological polar surface area (TPSA) is 53.2 Å². The predicted octanol–water partition coefficient (Wildman–Crippen LogP) is 2.58. The first-order chi connectivity index (χ1) is 9.97. The number of nitrogens with zero attached hydrogens (tertiary/aromatic N) is 1. The van der Waals surface area contributed by atoms with Gasteiger partial charge in [-0.25, -0.2) is 0 Å². The van der Waals surface area contributed by atoms with Gasteiger partial charge in [-0.3, -0.25) is 9.59 Å². The van der Waals surface area contributed by atoms with Crippen LogP contribution in [0.15, 0.2) is 35.1 Å². The zero-order valence-corrected chi connectivity index (χ0v) is 12.8. The molecule has 1 N–H and O–H groups in total. The summed E-state index contributed by atoms with van der Waals surface area (Å²) >= 11 is 0. The first-order valence-electron chi connectivity index (χ1n) is 7.32.